The predicted molar refractivity (Wildman–Crippen MR) is 102 cm³/mol. The maximum Gasteiger partial charge on any atom is 0.289 e. The summed E-state index contributed by atoms with van der Waals surface area (Å²) in [7, 11) is 1.63. The summed E-state index contributed by atoms with van der Waals surface area (Å²) in [6, 6.07) is 19.0. The van der Waals surface area contributed by atoms with Crippen LogP contribution in [0, 0.1) is 6.92 Å². The van der Waals surface area contributed by atoms with Gasteiger partial charge in [0.15, 0.2) is 5.76 Å². The summed E-state index contributed by atoms with van der Waals surface area (Å²) in [5.74, 6) is 2.50. The second-order valence-electron chi connectivity index (χ2n) is 6.66. The number of carbonyl (C=O) groups is 1. The predicted octanol–water partition coefficient (Wildman–Crippen LogP) is 4.17. The summed E-state index contributed by atoms with van der Waals surface area (Å²) in [6.07, 6.45) is 0.0210. The number of benzene rings is 2. The summed E-state index contributed by atoms with van der Waals surface area (Å²) in [6.45, 7) is 3.16. The van der Waals surface area contributed by atoms with Crippen LogP contribution in [0.15, 0.2) is 65.1 Å². The van der Waals surface area contributed by atoms with Crippen LogP contribution in [-0.2, 0) is 0 Å². The van der Waals surface area contributed by atoms with Gasteiger partial charge in [-0.15, -0.1) is 0 Å². The molecule has 4 rings (SSSR count). The average molecular weight is 363 g/mol. The van der Waals surface area contributed by atoms with Crippen molar-refractivity contribution in [3.05, 3.63) is 72.0 Å². The third-order valence-corrected chi connectivity index (χ3v) is 4.65. The van der Waals surface area contributed by atoms with Crippen LogP contribution in [0.25, 0.3) is 11.3 Å². The molecule has 0 radical (unpaired) electrons. The van der Waals surface area contributed by atoms with E-state index in [0.717, 1.165) is 17.1 Å². The minimum atomic E-state index is -0.112. The maximum atomic E-state index is 12.6. The number of hydrogen-bond donors (Lipinski definition) is 0. The molecule has 27 heavy (non-hydrogen) atoms. The molecule has 0 N–H and O–H groups in total. The number of methoxy groups -OCH3 is 1. The van der Waals surface area contributed by atoms with E-state index in [4.69, 9.17) is 13.9 Å². The van der Waals surface area contributed by atoms with Crippen molar-refractivity contribution in [1.29, 1.82) is 0 Å². The Bertz CT molecular complexity index is 922. The molecule has 1 saturated heterocycles. The van der Waals surface area contributed by atoms with E-state index in [2.05, 4.69) is 0 Å². The van der Waals surface area contributed by atoms with E-state index in [9.17, 15) is 4.79 Å². The number of nitrogens with zero attached hydrogens (tertiary/aromatic N) is 1. The van der Waals surface area contributed by atoms with Crippen molar-refractivity contribution >= 4 is 5.91 Å². The SMILES string of the molecule is COc1ccc(-c2ccc(C(=O)N3CC(Oc4ccc(C)cc4)C3)o2)cc1. The van der Waals surface area contributed by atoms with E-state index in [-0.39, 0.29) is 12.0 Å². The van der Waals surface area contributed by atoms with Crippen molar-refractivity contribution in [3.8, 4) is 22.8 Å². The van der Waals surface area contributed by atoms with Crippen LogP contribution >= 0.6 is 0 Å². The van der Waals surface area contributed by atoms with Crippen molar-refractivity contribution in [3.63, 3.8) is 0 Å². The fourth-order valence-corrected chi connectivity index (χ4v) is 3.01. The molecule has 0 atom stereocenters. The van der Waals surface area contributed by atoms with Crippen molar-refractivity contribution in [2.24, 2.45) is 0 Å². The molecule has 2 aromatic carbocycles. The second-order valence-corrected chi connectivity index (χ2v) is 6.66. The lowest BCUT2D eigenvalue weighted by Gasteiger charge is -2.38. The standard InChI is InChI=1S/C22H21NO4/c1-15-3-7-18(8-4-15)26-19-13-23(14-19)22(24)21-12-11-20(27-21)16-5-9-17(25-2)10-6-16/h3-12,19H,13-14H2,1-2H3. The number of aryl methyl sites for hydroxylation is 1. The molecular weight excluding hydrogens is 342 g/mol. The van der Waals surface area contributed by atoms with Gasteiger partial charge >= 0.3 is 0 Å². The molecule has 5 nitrogen and oxygen atoms in total. The number of furan rings is 1. The first kappa shape index (κ1) is 17.2. The number of rotatable bonds is 5. The Morgan fingerprint density at radius 2 is 1.63 bits per heavy atom. The molecule has 5 heteroatoms. The van der Waals surface area contributed by atoms with Crippen molar-refractivity contribution in [2.45, 2.75) is 13.0 Å². The zero-order chi connectivity index (χ0) is 18.8. The summed E-state index contributed by atoms with van der Waals surface area (Å²) in [5, 5.41) is 0. The summed E-state index contributed by atoms with van der Waals surface area (Å²) in [4.78, 5) is 14.3. The minimum Gasteiger partial charge on any atom is -0.497 e. The molecule has 1 aromatic heterocycles. The molecule has 0 saturated carbocycles. The molecule has 138 valence electrons. The lowest BCUT2D eigenvalue weighted by atomic mass is 10.1. The molecule has 2 heterocycles. The van der Waals surface area contributed by atoms with Crippen molar-refractivity contribution in [2.75, 3.05) is 20.2 Å². The fraction of sp³-hybridized carbons (Fsp3) is 0.227. The Morgan fingerprint density at radius 1 is 0.963 bits per heavy atom. The lowest BCUT2D eigenvalue weighted by molar-refractivity contribution is 0.0156. The Morgan fingerprint density at radius 3 is 2.30 bits per heavy atom. The van der Waals surface area contributed by atoms with Crippen molar-refractivity contribution < 1.29 is 18.7 Å². The highest BCUT2D eigenvalue weighted by Gasteiger charge is 2.34. The van der Waals surface area contributed by atoms with Gasteiger partial charge in [0.2, 0.25) is 0 Å². The minimum absolute atomic E-state index is 0.0210. The van der Waals surface area contributed by atoms with E-state index < -0.39 is 0 Å². The highest BCUT2D eigenvalue weighted by Crippen LogP contribution is 2.26. The molecule has 1 aliphatic heterocycles. The third kappa shape index (κ3) is 3.67. The quantitative estimate of drug-likeness (QED) is 0.683. The van der Waals surface area contributed by atoms with Gasteiger partial charge in [0.05, 0.1) is 20.2 Å². The molecule has 1 fully saturated rings. The van der Waals surface area contributed by atoms with E-state index in [1.807, 2.05) is 61.5 Å². The first-order chi connectivity index (χ1) is 13.1. The third-order valence-electron chi connectivity index (χ3n) is 4.65. The summed E-state index contributed by atoms with van der Waals surface area (Å²) in [5.41, 5.74) is 2.09. The maximum absolute atomic E-state index is 12.6. The topological polar surface area (TPSA) is 51.9 Å². The monoisotopic (exact) mass is 363 g/mol. The largest absolute Gasteiger partial charge is 0.497 e. The van der Waals surface area contributed by atoms with Gasteiger partial charge in [-0.3, -0.25) is 4.79 Å². The number of amides is 1. The molecular formula is C22H21NO4. The highest BCUT2D eigenvalue weighted by molar-refractivity contribution is 5.92. The highest BCUT2D eigenvalue weighted by atomic mass is 16.5. The van der Waals surface area contributed by atoms with E-state index >= 15 is 0 Å². The van der Waals surface area contributed by atoms with E-state index in [0.29, 0.717) is 24.6 Å². The first-order valence-electron chi connectivity index (χ1n) is 8.89. The van der Waals surface area contributed by atoms with Crippen LogP contribution < -0.4 is 9.47 Å². The fourth-order valence-electron chi connectivity index (χ4n) is 3.01. The van der Waals surface area contributed by atoms with Gasteiger partial charge in [-0.2, -0.15) is 0 Å². The molecule has 1 amide bonds. The molecule has 1 aliphatic rings. The van der Waals surface area contributed by atoms with Gasteiger partial charge in [-0.05, 0) is 55.5 Å². The Balaban J connectivity index is 1.35. The van der Waals surface area contributed by atoms with Gasteiger partial charge in [0, 0.05) is 5.56 Å². The number of hydrogen-bond acceptors (Lipinski definition) is 4. The van der Waals surface area contributed by atoms with Crippen molar-refractivity contribution in [1.82, 2.24) is 4.90 Å². The Hall–Kier alpha value is -3.21. The molecule has 0 unspecified atom stereocenters. The number of likely N-dealkylation sites (tertiary alicyclic amines) is 1. The van der Waals surface area contributed by atoms with Crippen LogP contribution in [0.4, 0.5) is 0 Å². The molecule has 0 spiro atoms. The van der Waals surface area contributed by atoms with Crippen LogP contribution in [-0.4, -0.2) is 37.1 Å². The Kier molecular flexibility index (Phi) is 4.59. The number of carbonyl (C=O) groups excluding carboxylic acids is 1. The van der Waals surface area contributed by atoms with Gasteiger partial charge in [-0.1, -0.05) is 17.7 Å². The molecule has 3 aromatic rings. The van der Waals surface area contributed by atoms with Crippen LogP contribution in [0.3, 0.4) is 0 Å². The number of ether oxygens (including phenoxy) is 2. The van der Waals surface area contributed by atoms with Crippen LogP contribution in [0.2, 0.25) is 0 Å². The smallest absolute Gasteiger partial charge is 0.289 e. The van der Waals surface area contributed by atoms with Gasteiger partial charge < -0.3 is 18.8 Å². The van der Waals surface area contributed by atoms with Crippen LogP contribution in [0.1, 0.15) is 16.1 Å². The van der Waals surface area contributed by atoms with Gasteiger partial charge in [-0.25, -0.2) is 0 Å². The zero-order valence-corrected chi connectivity index (χ0v) is 15.3. The zero-order valence-electron chi connectivity index (χ0n) is 15.3. The van der Waals surface area contributed by atoms with Gasteiger partial charge in [0.25, 0.3) is 5.91 Å². The molecule has 0 bridgehead atoms. The Labute approximate surface area is 158 Å². The normalized spacial score (nSPS) is 13.9. The summed E-state index contributed by atoms with van der Waals surface area (Å²) < 4.78 is 16.8. The van der Waals surface area contributed by atoms with E-state index in [1.165, 1.54) is 5.56 Å². The average Bonchev–Trinajstić information content (AvgIpc) is 3.15. The lowest BCUT2D eigenvalue weighted by Crippen LogP contribution is -2.56. The van der Waals surface area contributed by atoms with Crippen LogP contribution in [0.5, 0.6) is 11.5 Å². The molecule has 0 aliphatic carbocycles. The van der Waals surface area contributed by atoms with E-state index in [1.54, 1.807) is 18.1 Å². The van der Waals surface area contributed by atoms with Gasteiger partial charge in [0.1, 0.15) is 23.4 Å². The second kappa shape index (κ2) is 7.19. The summed E-state index contributed by atoms with van der Waals surface area (Å²) >= 11 is 0. The first-order valence-corrected chi connectivity index (χ1v) is 8.89.